The van der Waals surface area contributed by atoms with Gasteiger partial charge in [0, 0.05) is 12.0 Å². The number of rotatable bonds is 5. The summed E-state index contributed by atoms with van der Waals surface area (Å²) in [7, 11) is 0. The van der Waals surface area contributed by atoms with E-state index in [9.17, 15) is 9.59 Å². The number of ether oxygens (including phenoxy) is 2. The maximum atomic E-state index is 12.1. The van der Waals surface area contributed by atoms with Gasteiger partial charge in [-0.2, -0.15) is 0 Å². The number of hydrogen-bond acceptors (Lipinski definition) is 4. The zero-order valence-electron chi connectivity index (χ0n) is 13.5. The first-order valence-corrected chi connectivity index (χ1v) is 7.69. The molecule has 0 saturated heterocycles. The Bertz CT molecular complexity index is 754. The first-order valence-electron chi connectivity index (χ1n) is 7.69. The Labute approximate surface area is 141 Å². The van der Waals surface area contributed by atoms with Crippen molar-refractivity contribution in [3.8, 4) is 11.8 Å². The predicted octanol–water partition coefficient (Wildman–Crippen LogP) is 3.46. The summed E-state index contributed by atoms with van der Waals surface area (Å²) in [6.07, 6.45) is 0.419. The van der Waals surface area contributed by atoms with Crippen LogP contribution in [0.1, 0.15) is 39.6 Å². The van der Waals surface area contributed by atoms with Gasteiger partial charge in [-0.25, -0.2) is 9.59 Å². The van der Waals surface area contributed by atoms with Gasteiger partial charge in [0.25, 0.3) is 0 Å². The molecule has 122 valence electrons. The van der Waals surface area contributed by atoms with E-state index < -0.39 is 11.9 Å². The van der Waals surface area contributed by atoms with Crippen LogP contribution in [0.3, 0.4) is 0 Å². The standard InChI is InChI=1S/C20H18O4/c1-2-23-19(21)17-13-6-7-14-18(17)20(22)24-15-9-8-12-16-10-4-3-5-11-16/h3-7,10-11,13-14H,2,9,15H2,1H3. The van der Waals surface area contributed by atoms with E-state index in [1.807, 2.05) is 30.3 Å². The average molecular weight is 322 g/mol. The normalized spacial score (nSPS) is 9.54. The molecule has 24 heavy (non-hydrogen) atoms. The summed E-state index contributed by atoms with van der Waals surface area (Å²) in [5, 5.41) is 0. The third-order valence-corrected chi connectivity index (χ3v) is 3.11. The van der Waals surface area contributed by atoms with Gasteiger partial charge in [-0.1, -0.05) is 42.2 Å². The van der Waals surface area contributed by atoms with Crippen LogP contribution in [0.15, 0.2) is 54.6 Å². The van der Waals surface area contributed by atoms with E-state index in [0.717, 1.165) is 5.56 Å². The molecular formula is C20H18O4. The van der Waals surface area contributed by atoms with Gasteiger partial charge in [-0.05, 0) is 31.2 Å². The van der Waals surface area contributed by atoms with Gasteiger partial charge < -0.3 is 9.47 Å². The molecule has 4 nitrogen and oxygen atoms in total. The van der Waals surface area contributed by atoms with Gasteiger partial charge in [0.1, 0.15) is 6.61 Å². The molecule has 0 bridgehead atoms. The first-order chi connectivity index (χ1) is 11.7. The molecule has 0 atom stereocenters. The molecule has 0 aliphatic carbocycles. The molecule has 0 radical (unpaired) electrons. The van der Waals surface area contributed by atoms with Crippen molar-refractivity contribution < 1.29 is 19.1 Å². The highest BCUT2D eigenvalue weighted by Crippen LogP contribution is 2.12. The van der Waals surface area contributed by atoms with E-state index in [0.29, 0.717) is 6.42 Å². The second-order valence-corrected chi connectivity index (χ2v) is 4.82. The van der Waals surface area contributed by atoms with E-state index in [4.69, 9.17) is 9.47 Å². The van der Waals surface area contributed by atoms with E-state index in [1.54, 1.807) is 31.2 Å². The monoisotopic (exact) mass is 322 g/mol. The van der Waals surface area contributed by atoms with E-state index >= 15 is 0 Å². The molecule has 2 aromatic carbocycles. The molecule has 0 unspecified atom stereocenters. The SMILES string of the molecule is CCOC(=O)c1ccccc1C(=O)OCCC#Cc1ccccc1. The Morgan fingerprint density at radius 3 is 2.08 bits per heavy atom. The van der Waals surface area contributed by atoms with Crippen molar-refractivity contribution in [1.82, 2.24) is 0 Å². The Hall–Kier alpha value is -3.06. The highest BCUT2D eigenvalue weighted by atomic mass is 16.5. The summed E-state index contributed by atoms with van der Waals surface area (Å²) in [4.78, 5) is 24.0. The lowest BCUT2D eigenvalue weighted by Gasteiger charge is -2.08. The molecule has 2 rings (SSSR count). The van der Waals surface area contributed by atoms with Crippen LogP contribution in [-0.2, 0) is 9.47 Å². The summed E-state index contributed by atoms with van der Waals surface area (Å²) < 4.78 is 10.1. The lowest BCUT2D eigenvalue weighted by Crippen LogP contribution is -2.14. The molecule has 2 aromatic rings. The van der Waals surface area contributed by atoms with Gasteiger partial charge in [-0.3, -0.25) is 0 Å². The Balaban J connectivity index is 1.92. The smallest absolute Gasteiger partial charge is 0.339 e. The second kappa shape index (κ2) is 9.16. The maximum absolute atomic E-state index is 12.1. The minimum Gasteiger partial charge on any atom is -0.462 e. The van der Waals surface area contributed by atoms with Gasteiger partial charge in [-0.15, -0.1) is 0 Å². The molecule has 0 N–H and O–H groups in total. The van der Waals surface area contributed by atoms with Crippen molar-refractivity contribution in [2.75, 3.05) is 13.2 Å². The van der Waals surface area contributed by atoms with Crippen LogP contribution in [0.5, 0.6) is 0 Å². The fourth-order valence-corrected chi connectivity index (χ4v) is 2.01. The molecule has 0 aliphatic heterocycles. The fraction of sp³-hybridized carbons (Fsp3) is 0.200. The van der Waals surface area contributed by atoms with Crippen LogP contribution in [-0.4, -0.2) is 25.2 Å². The minimum absolute atomic E-state index is 0.163. The summed E-state index contributed by atoms with van der Waals surface area (Å²) in [5.74, 6) is 4.85. The third-order valence-electron chi connectivity index (χ3n) is 3.11. The van der Waals surface area contributed by atoms with Crippen molar-refractivity contribution in [3.63, 3.8) is 0 Å². The zero-order valence-corrected chi connectivity index (χ0v) is 13.5. The Kier molecular flexibility index (Phi) is 6.60. The molecule has 0 aromatic heterocycles. The van der Waals surface area contributed by atoms with Crippen molar-refractivity contribution in [1.29, 1.82) is 0 Å². The minimum atomic E-state index is -0.555. The van der Waals surface area contributed by atoms with Crippen LogP contribution in [0.4, 0.5) is 0 Å². The van der Waals surface area contributed by atoms with Crippen LogP contribution >= 0.6 is 0 Å². The maximum Gasteiger partial charge on any atom is 0.339 e. The number of hydrogen-bond donors (Lipinski definition) is 0. The van der Waals surface area contributed by atoms with Gasteiger partial charge in [0.2, 0.25) is 0 Å². The quantitative estimate of drug-likeness (QED) is 0.480. The third kappa shape index (κ3) is 4.99. The van der Waals surface area contributed by atoms with Crippen molar-refractivity contribution in [3.05, 3.63) is 71.3 Å². The van der Waals surface area contributed by atoms with Gasteiger partial charge in [0.15, 0.2) is 0 Å². The number of esters is 2. The molecular weight excluding hydrogens is 304 g/mol. The predicted molar refractivity (Wildman–Crippen MR) is 90.6 cm³/mol. The summed E-state index contributed by atoms with van der Waals surface area (Å²) in [6, 6.07) is 16.0. The highest BCUT2D eigenvalue weighted by molar-refractivity contribution is 6.03. The van der Waals surface area contributed by atoms with Crippen LogP contribution in [0.2, 0.25) is 0 Å². The average Bonchev–Trinajstić information content (AvgIpc) is 2.62. The van der Waals surface area contributed by atoms with Gasteiger partial charge in [0.05, 0.1) is 17.7 Å². The number of benzene rings is 2. The first kappa shape index (κ1) is 17.3. The number of carbonyl (C=O) groups excluding carboxylic acids is 2. The fourth-order valence-electron chi connectivity index (χ4n) is 2.01. The van der Waals surface area contributed by atoms with Crippen molar-refractivity contribution in [2.45, 2.75) is 13.3 Å². The summed E-state index contributed by atoms with van der Waals surface area (Å²) in [6.45, 7) is 2.12. The molecule has 0 spiro atoms. The molecule has 0 heterocycles. The Morgan fingerprint density at radius 1 is 0.875 bits per heavy atom. The largest absolute Gasteiger partial charge is 0.462 e. The highest BCUT2D eigenvalue weighted by Gasteiger charge is 2.18. The lowest BCUT2D eigenvalue weighted by molar-refractivity contribution is 0.0472. The van der Waals surface area contributed by atoms with Crippen molar-refractivity contribution in [2.24, 2.45) is 0 Å². The Morgan fingerprint density at radius 2 is 1.46 bits per heavy atom. The van der Waals surface area contributed by atoms with E-state index in [2.05, 4.69) is 11.8 Å². The molecule has 0 amide bonds. The molecule has 0 fully saturated rings. The molecule has 4 heteroatoms. The zero-order chi connectivity index (χ0) is 17.2. The lowest BCUT2D eigenvalue weighted by atomic mass is 10.1. The van der Waals surface area contributed by atoms with Crippen LogP contribution < -0.4 is 0 Å². The summed E-state index contributed by atoms with van der Waals surface area (Å²) in [5.41, 5.74) is 1.32. The summed E-state index contributed by atoms with van der Waals surface area (Å²) >= 11 is 0. The topological polar surface area (TPSA) is 52.6 Å². The van der Waals surface area contributed by atoms with Crippen LogP contribution in [0.25, 0.3) is 0 Å². The second-order valence-electron chi connectivity index (χ2n) is 4.82. The van der Waals surface area contributed by atoms with Crippen molar-refractivity contribution >= 4 is 11.9 Å². The van der Waals surface area contributed by atoms with E-state index in [-0.39, 0.29) is 24.3 Å². The van der Waals surface area contributed by atoms with E-state index in [1.165, 1.54) is 0 Å². The molecule has 0 saturated carbocycles. The number of carbonyl (C=O) groups is 2. The van der Waals surface area contributed by atoms with Crippen LogP contribution in [0, 0.1) is 11.8 Å². The van der Waals surface area contributed by atoms with Gasteiger partial charge >= 0.3 is 11.9 Å². The molecule has 0 aliphatic rings.